The summed E-state index contributed by atoms with van der Waals surface area (Å²) in [5.74, 6) is -0.180. The molecule has 0 atom stereocenters. The molecule has 0 aliphatic heterocycles. The van der Waals surface area contributed by atoms with E-state index in [4.69, 9.17) is 28.8 Å². The first kappa shape index (κ1) is 35.7. The first-order valence-corrected chi connectivity index (χ1v) is 22.6. The molecule has 0 fully saturated rings. The molecule has 0 aliphatic carbocycles. The minimum Gasteiger partial charge on any atom is -0.333 e. The molecule has 206 valence electrons. The van der Waals surface area contributed by atoms with Crippen LogP contribution in [0.5, 0.6) is 0 Å². The lowest BCUT2D eigenvalue weighted by Crippen LogP contribution is -2.48. The van der Waals surface area contributed by atoms with Crippen LogP contribution >= 0.6 is 24.0 Å². The highest BCUT2D eigenvalue weighted by Gasteiger charge is 2.21. The molecule has 3 aromatic rings. The summed E-state index contributed by atoms with van der Waals surface area (Å²) in [4.78, 5) is 0. The van der Waals surface area contributed by atoms with Gasteiger partial charge in [0.2, 0.25) is 0 Å². The molecule has 0 bridgehead atoms. The zero-order valence-corrected chi connectivity index (χ0v) is 27.8. The zero-order valence-electron chi connectivity index (χ0n) is 23.2. The van der Waals surface area contributed by atoms with Gasteiger partial charge in [-0.25, -0.2) is 4.39 Å². The van der Waals surface area contributed by atoms with Gasteiger partial charge in [0.15, 0.2) is 0 Å². The first-order chi connectivity index (χ1) is 16.8. The van der Waals surface area contributed by atoms with E-state index in [9.17, 15) is 4.39 Å². The fourth-order valence-electron chi connectivity index (χ4n) is 3.26. The second-order valence-electron chi connectivity index (χ2n) is 11.2. The van der Waals surface area contributed by atoms with Crippen molar-refractivity contribution in [2.75, 3.05) is 18.5 Å². The number of rotatable bonds is 7. The topological polar surface area (TPSA) is 78.1 Å². The van der Waals surface area contributed by atoms with E-state index in [1.54, 1.807) is 0 Å². The molecular weight excluding hydrogens is 552 g/mol. The Labute approximate surface area is 238 Å². The van der Waals surface area contributed by atoms with E-state index in [1.165, 1.54) is 34.1 Å². The van der Waals surface area contributed by atoms with Crippen LogP contribution in [0.25, 0.3) is 0 Å². The van der Waals surface area contributed by atoms with Crippen molar-refractivity contribution in [1.82, 2.24) is 0 Å². The third-order valence-electron chi connectivity index (χ3n) is 6.35. The molecule has 6 N–H and O–H groups in total. The van der Waals surface area contributed by atoms with Gasteiger partial charge < -0.3 is 17.2 Å². The van der Waals surface area contributed by atoms with Crippen LogP contribution < -0.4 is 27.6 Å². The van der Waals surface area contributed by atoms with Gasteiger partial charge in [0.1, 0.15) is 5.82 Å². The Morgan fingerprint density at radius 2 is 1.03 bits per heavy atom. The highest BCUT2D eigenvalue weighted by atomic mass is 35.5. The van der Waals surface area contributed by atoms with E-state index in [1.807, 2.05) is 24.3 Å². The van der Waals surface area contributed by atoms with E-state index in [0.717, 1.165) is 17.4 Å². The molecule has 0 radical (unpaired) electrons. The van der Waals surface area contributed by atoms with E-state index < -0.39 is 24.2 Å². The van der Waals surface area contributed by atoms with Crippen LogP contribution in [-0.2, 0) is 6.04 Å². The monoisotopic (exact) mass is 597 g/mol. The van der Waals surface area contributed by atoms with Crippen LogP contribution in [0.2, 0.25) is 44.3 Å². The van der Waals surface area contributed by atoms with Crippen molar-refractivity contribution in [2.24, 2.45) is 17.2 Å². The summed E-state index contributed by atoms with van der Waals surface area (Å²) in [7, 11) is -3.96. The van der Waals surface area contributed by atoms with E-state index >= 15 is 0 Å². The van der Waals surface area contributed by atoms with Gasteiger partial charge in [-0.05, 0) is 48.8 Å². The average Bonchev–Trinajstić information content (AvgIpc) is 2.86. The summed E-state index contributed by atoms with van der Waals surface area (Å²) in [5.41, 5.74) is 18.5. The van der Waals surface area contributed by atoms with Crippen molar-refractivity contribution in [3.8, 4) is 0 Å². The molecule has 3 aromatic carbocycles. The van der Waals surface area contributed by atoms with Crippen LogP contribution in [0.1, 0.15) is 5.56 Å². The molecule has 0 aromatic heterocycles. The average molecular weight is 599 g/mol. The molecule has 3 nitrogen and oxygen atoms in total. The van der Waals surface area contributed by atoms with Gasteiger partial charge in [0.25, 0.3) is 0 Å². The van der Waals surface area contributed by atoms with Crippen molar-refractivity contribution < 1.29 is 4.39 Å². The van der Waals surface area contributed by atoms with E-state index in [2.05, 4.69) is 81.7 Å². The number of halogens is 3. The summed E-state index contributed by atoms with van der Waals surface area (Å²) in [6.07, 6.45) is 2.37. The Morgan fingerprint density at radius 1 is 0.622 bits per heavy atom. The minimum absolute atomic E-state index is 0. The number of benzene rings is 3. The van der Waals surface area contributed by atoms with Crippen LogP contribution in [0, 0.1) is 5.82 Å². The van der Waals surface area contributed by atoms with Crippen molar-refractivity contribution in [2.45, 2.75) is 45.3 Å². The highest BCUT2D eigenvalue weighted by Crippen LogP contribution is 2.10. The molecule has 3 rings (SSSR count). The molecule has 0 heterocycles. The Kier molecular flexibility index (Phi) is 16.0. The summed E-state index contributed by atoms with van der Waals surface area (Å²) in [6, 6.07) is 26.5. The lowest BCUT2D eigenvalue weighted by Gasteiger charge is -2.20. The fraction of sp³-hybridized carbons (Fsp3) is 0.357. The minimum atomic E-state index is -1.47. The first-order valence-electron chi connectivity index (χ1n) is 12.4. The van der Waals surface area contributed by atoms with Crippen molar-refractivity contribution in [3.63, 3.8) is 0 Å². The largest absolute Gasteiger partial charge is 0.333 e. The highest BCUT2D eigenvalue weighted by molar-refractivity contribution is 6.90. The fourth-order valence-corrected chi connectivity index (χ4v) is 7.48. The quantitative estimate of drug-likeness (QED) is 0.319. The summed E-state index contributed by atoms with van der Waals surface area (Å²) >= 11 is 5.79. The molecule has 0 spiro atoms. The molecular formula is C28H46Cl2FN3Si3. The number of hydrogen-bond acceptors (Lipinski definition) is 3. The van der Waals surface area contributed by atoms with Crippen molar-refractivity contribution in [1.29, 1.82) is 0 Å². The Bertz CT molecular complexity index is 960. The van der Waals surface area contributed by atoms with Gasteiger partial charge in [-0.3, -0.25) is 0 Å². The standard InChI is InChI=1S/C10H17NSi.C9H14ClNSi.C9H14FNSi.ClH/c1-12(2,9-11)8-10-6-4-3-5-7-10;2*1-12(2,7-11)9-5-3-8(10)4-6-9;/h3-7H,8-9,11H2,1-2H3;2*3-6H,7,11H2,1-2H3;1H. The normalized spacial score (nSPS) is 11.3. The van der Waals surface area contributed by atoms with Gasteiger partial charge in [-0.2, -0.15) is 0 Å². The number of nitrogens with two attached hydrogens (primary N) is 3. The molecule has 0 amide bonds. The maximum absolute atomic E-state index is 12.6. The lowest BCUT2D eigenvalue weighted by atomic mass is 10.2. The zero-order chi connectivity index (χ0) is 27.4. The van der Waals surface area contributed by atoms with Gasteiger partial charge >= 0.3 is 0 Å². The van der Waals surface area contributed by atoms with Crippen LogP contribution in [0.3, 0.4) is 0 Å². The molecule has 37 heavy (non-hydrogen) atoms. The molecule has 0 saturated carbocycles. The predicted molar refractivity (Wildman–Crippen MR) is 174 cm³/mol. The van der Waals surface area contributed by atoms with Gasteiger partial charge in [-0.1, -0.05) is 121 Å². The molecule has 0 saturated heterocycles. The summed E-state index contributed by atoms with van der Waals surface area (Å²) in [5, 5.41) is 3.38. The van der Waals surface area contributed by atoms with Crippen molar-refractivity contribution >= 4 is 58.6 Å². The summed E-state index contributed by atoms with van der Waals surface area (Å²) in [6.45, 7) is 13.5. The lowest BCUT2D eigenvalue weighted by molar-refractivity contribution is 0.628. The van der Waals surface area contributed by atoms with Crippen LogP contribution in [0.15, 0.2) is 78.9 Å². The SMILES string of the molecule is C[Si](C)(CN)Cc1ccccc1.C[Si](C)(CN)c1ccc(Cl)cc1.C[Si](C)(CN)c1ccc(F)cc1.Cl. The third kappa shape index (κ3) is 13.4. The second kappa shape index (κ2) is 16.6. The second-order valence-corrected chi connectivity index (χ2v) is 26.3. The van der Waals surface area contributed by atoms with E-state index in [-0.39, 0.29) is 18.2 Å². The van der Waals surface area contributed by atoms with E-state index in [0.29, 0.717) is 6.17 Å². The van der Waals surface area contributed by atoms with Gasteiger partial charge in [-0.15, -0.1) is 12.4 Å². The number of hydrogen-bond donors (Lipinski definition) is 3. The summed E-state index contributed by atoms with van der Waals surface area (Å²) < 4.78 is 12.6. The Balaban J connectivity index is 0.000000518. The maximum atomic E-state index is 12.6. The van der Waals surface area contributed by atoms with Crippen molar-refractivity contribution in [3.05, 3.63) is 95.3 Å². The van der Waals surface area contributed by atoms with Crippen LogP contribution in [0.4, 0.5) is 4.39 Å². The third-order valence-corrected chi connectivity index (χ3v) is 14.9. The molecule has 9 heteroatoms. The molecule has 0 aliphatic rings. The van der Waals surface area contributed by atoms with Crippen LogP contribution in [-0.4, -0.2) is 42.7 Å². The molecule has 0 unspecified atom stereocenters. The predicted octanol–water partition coefficient (Wildman–Crippen LogP) is 5.39. The Morgan fingerprint density at radius 3 is 1.41 bits per heavy atom. The van der Waals surface area contributed by atoms with Gasteiger partial charge in [0.05, 0.1) is 24.2 Å². The van der Waals surface area contributed by atoms with Gasteiger partial charge in [0, 0.05) is 5.02 Å². The Hall–Kier alpha value is -1.30. The smallest absolute Gasteiger partial charge is 0.123 e. The maximum Gasteiger partial charge on any atom is 0.123 e.